The number of dihydropyridines is 1. The maximum atomic E-state index is 4.78. The van der Waals surface area contributed by atoms with Gasteiger partial charge >= 0.3 is 0 Å². The highest BCUT2D eigenvalue weighted by Gasteiger charge is 2.18. The molecular weight excluding hydrogens is 426 g/mol. The van der Waals surface area contributed by atoms with E-state index in [2.05, 4.69) is 91.8 Å². The highest BCUT2D eigenvalue weighted by molar-refractivity contribution is 5.91. The maximum Gasteiger partial charge on any atom is 0.0870 e. The summed E-state index contributed by atoms with van der Waals surface area (Å²) in [5.41, 5.74) is 9.39. The van der Waals surface area contributed by atoms with Gasteiger partial charge in [0, 0.05) is 17.8 Å². The van der Waals surface area contributed by atoms with Crippen LogP contribution in [0, 0.1) is 6.92 Å². The van der Waals surface area contributed by atoms with Crippen LogP contribution in [-0.4, -0.2) is 17.1 Å². The summed E-state index contributed by atoms with van der Waals surface area (Å²) in [6.07, 6.45) is 17.7. The third kappa shape index (κ3) is 5.31. The molecule has 0 saturated carbocycles. The Labute approximate surface area is 209 Å². The summed E-state index contributed by atoms with van der Waals surface area (Å²) in [5.74, 6) is 0. The number of hydrogen-bond acceptors (Lipinski definition) is 3. The van der Waals surface area contributed by atoms with Gasteiger partial charge in [-0.2, -0.15) is 0 Å². The summed E-state index contributed by atoms with van der Waals surface area (Å²) in [5, 5.41) is 9.62. The molecule has 1 aromatic carbocycles. The molecule has 35 heavy (non-hydrogen) atoms. The molecule has 1 aliphatic heterocycles. The van der Waals surface area contributed by atoms with Gasteiger partial charge in [-0.1, -0.05) is 50.8 Å². The molecule has 1 unspecified atom stereocenters. The lowest BCUT2D eigenvalue weighted by Crippen LogP contribution is -2.35. The van der Waals surface area contributed by atoms with E-state index in [1.165, 1.54) is 39.1 Å². The molecule has 2 heterocycles. The van der Waals surface area contributed by atoms with Gasteiger partial charge in [-0.3, -0.25) is 4.98 Å². The summed E-state index contributed by atoms with van der Waals surface area (Å²) >= 11 is 0. The van der Waals surface area contributed by atoms with Crippen molar-refractivity contribution in [2.45, 2.75) is 58.5 Å². The van der Waals surface area contributed by atoms with E-state index in [4.69, 9.17) is 4.98 Å². The SMILES string of the molecule is C=C1C=C(C2=CCC(NC(C)C)CC2)C=c2cc(C3=C(c4cccc(C)n4)NC=CC3)ccc2=C1. The van der Waals surface area contributed by atoms with Crippen molar-refractivity contribution >= 4 is 23.4 Å². The van der Waals surface area contributed by atoms with Crippen LogP contribution in [0.25, 0.3) is 23.4 Å². The topological polar surface area (TPSA) is 37.0 Å². The largest absolute Gasteiger partial charge is 0.360 e. The first kappa shape index (κ1) is 23.3. The minimum absolute atomic E-state index is 0.525. The fourth-order valence-corrected chi connectivity index (χ4v) is 5.25. The van der Waals surface area contributed by atoms with E-state index < -0.39 is 0 Å². The number of hydrogen-bond donors (Lipinski definition) is 2. The molecule has 3 aliphatic rings. The van der Waals surface area contributed by atoms with Crippen LogP contribution in [0.2, 0.25) is 0 Å². The third-order valence-electron chi connectivity index (χ3n) is 6.89. The Hall–Kier alpha value is -3.43. The van der Waals surface area contributed by atoms with E-state index in [-0.39, 0.29) is 0 Å². The van der Waals surface area contributed by atoms with Crippen LogP contribution in [0.5, 0.6) is 0 Å². The fraction of sp³-hybridized carbons (Fsp3) is 0.281. The monoisotopic (exact) mass is 461 g/mol. The van der Waals surface area contributed by atoms with E-state index in [0.717, 1.165) is 41.9 Å². The number of aromatic nitrogens is 1. The van der Waals surface area contributed by atoms with Gasteiger partial charge in [0.05, 0.1) is 11.4 Å². The molecule has 3 nitrogen and oxygen atoms in total. The predicted molar refractivity (Wildman–Crippen MR) is 149 cm³/mol. The number of benzene rings is 1. The van der Waals surface area contributed by atoms with Crippen molar-refractivity contribution in [2.75, 3.05) is 0 Å². The minimum atomic E-state index is 0.525. The number of pyridine rings is 1. The van der Waals surface area contributed by atoms with Gasteiger partial charge in [0.1, 0.15) is 0 Å². The second-order valence-electron chi connectivity index (χ2n) is 10.1. The van der Waals surface area contributed by atoms with Crippen molar-refractivity contribution in [3.05, 3.63) is 112 Å². The summed E-state index contributed by atoms with van der Waals surface area (Å²) < 4.78 is 0. The molecule has 5 rings (SSSR count). The molecule has 1 aromatic heterocycles. The van der Waals surface area contributed by atoms with E-state index >= 15 is 0 Å². The quantitative estimate of drug-likeness (QED) is 0.635. The standard InChI is InChI=1S/C32H35N3/c1-21(2)34-29-14-12-24(13-15-29)27-18-22(3)17-25-10-11-26(19-28(25)20-27)30-8-6-16-33-32(30)31-9-5-7-23(4)35-31/h5-7,9-12,16-21,29,33-34H,3,8,13-15H2,1-2,4H3. The van der Waals surface area contributed by atoms with E-state index in [9.17, 15) is 0 Å². The highest BCUT2D eigenvalue weighted by atomic mass is 14.9. The smallest absolute Gasteiger partial charge is 0.0870 e. The van der Waals surface area contributed by atoms with E-state index in [1.54, 1.807) is 0 Å². The lowest BCUT2D eigenvalue weighted by Gasteiger charge is -2.25. The number of aryl methyl sites for hydroxylation is 1. The van der Waals surface area contributed by atoms with Gasteiger partial charge in [0.25, 0.3) is 0 Å². The second-order valence-corrected chi connectivity index (χ2v) is 10.1. The first-order chi connectivity index (χ1) is 17.0. The number of allylic oxidation sites excluding steroid dienone is 6. The van der Waals surface area contributed by atoms with Crippen molar-refractivity contribution in [3.63, 3.8) is 0 Å². The zero-order chi connectivity index (χ0) is 24.4. The number of nitrogens with zero attached hydrogens (tertiary/aromatic N) is 1. The lowest BCUT2D eigenvalue weighted by atomic mass is 9.89. The molecule has 0 spiro atoms. The second kappa shape index (κ2) is 10.1. The molecule has 0 radical (unpaired) electrons. The summed E-state index contributed by atoms with van der Waals surface area (Å²) in [4.78, 5) is 4.78. The van der Waals surface area contributed by atoms with E-state index in [0.29, 0.717) is 12.1 Å². The molecule has 178 valence electrons. The normalized spacial score (nSPS) is 19.8. The molecule has 1 atom stereocenters. The Morgan fingerprint density at radius 3 is 2.74 bits per heavy atom. The Balaban J connectivity index is 1.54. The molecule has 2 N–H and O–H groups in total. The van der Waals surface area contributed by atoms with Crippen LogP contribution >= 0.6 is 0 Å². The van der Waals surface area contributed by atoms with Crippen molar-refractivity contribution in [3.8, 4) is 0 Å². The summed E-state index contributed by atoms with van der Waals surface area (Å²) in [7, 11) is 0. The average Bonchev–Trinajstić information content (AvgIpc) is 3.01. The Bertz CT molecular complexity index is 1400. The zero-order valence-electron chi connectivity index (χ0n) is 21.1. The van der Waals surface area contributed by atoms with E-state index in [1.807, 2.05) is 19.2 Å². The van der Waals surface area contributed by atoms with Crippen LogP contribution in [0.1, 0.15) is 56.5 Å². The molecular formula is C32H35N3. The molecule has 2 aliphatic carbocycles. The first-order valence-electron chi connectivity index (χ1n) is 12.7. The lowest BCUT2D eigenvalue weighted by molar-refractivity contribution is 0.430. The molecule has 2 aromatic rings. The number of nitrogens with one attached hydrogen (secondary N) is 2. The number of fused-ring (bicyclic) bond motifs is 1. The molecule has 0 saturated heterocycles. The minimum Gasteiger partial charge on any atom is -0.360 e. The van der Waals surface area contributed by atoms with Crippen LogP contribution in [0.4, 0.5) is 0 Å². The van der Waals surface area contributed by atoms with Crippen molar-refractivity contribution in [1.82, 2.24) is 15.6 Å². The van der Waals surface area contributed by atoms with Crippen LogP contribution in [0.15, 0.2) is 84.1 Å². The fourth-order valence-electron chi connectivity index (χ4n) is 5.25. The Morgan fingerprint density at radius 2 is 1.97 bits per heavy atom. The van der Waals surface area contributed by atoms with Gasteiger partial charge in [-0.05, 0) is 114 Å². The van der Waals surface area contributed by atoms with Gasteiger partial charge in [-0.15, -0.1) is 0 Å². The first-order valence-corrected chi connectivity index (χ1v) is 12.7. The Kier molecular flexibility index (Phi) is 6.70. The molecule has 0 amide bonds. The zero-order valence-corrected chi connectivity index (χ0v) is 21.1. The molecule has 0 bridgehead atoms. The molecule has 3 heteroatoms. The Morgan fingerprint density at radius 1 is 1.09 bits per heavy atom. The van der Waals surface area contributed by atoms with Gasteiger partial charge in [0.15, 0.2) is 0 Å². The van der Waals surface area contributed by atoms with Crippen molar-refractivity contribution < 1.29 is 0 Å². The predicted octanol–water partition coefficient (Wildman–Crippen LogP) is 5.30. The maximum absolute atomic E-state index is 4.78. The highest BCUT2D eigenvalue weighted by Crippen LogP contribution is 2.30. The molecule has 0 fully saturated rings. The third-order valence-corrected chi connectivity index (χ3v) is 6.89. The van der Waals surface area contributed by atoms with Gasteiger partial charge < -0.3 is 10.6 Å². The van der Waals surface area contributed by atoms with Crippen LogP contribution in [0.3, 0.4) is 0 Å². The summed E-state index contributed by atoms with van der Waals surface area (Å²) in [6, 6.07) is 14.1. The van der Waals surface area contributed by atoms with Crippen molar-refractivity contribution in [1.29, 1.82) is 0 Å². The van der Waals surface area contributed by atoms with Gasteiger partial charge in [0.2, 0.25) is 0 Å². The van der Waals surface area contributed by atoms with Gasteiger partial charge in [-0.25, -0.2) is 0 Å². The average molecular weight is 462 g/mol. The van der Waals surface area contributed by atoms with Crippen LogP contribution < -0.4 is 21.1 Å². The number of rotatable bonds is 5. The van der Waals surface area contributed by atoms with Crippen LogP contribution in [-0.2, 0) is 0 Å². The van der Waals surface area contributed by atoms with Crippen molar-refractivity contribution in [2.24, 2.45) is 0 Å². The summed E-state index contributed by atoms with van der Waals surface area (Å²) in [6.45, 7) is 10.8.